The Kier molecular flexibility index (Phi) is 5.74. The monoisotopic (exact) mass is 313 g/mol. The first-order chi connectivity index (χ1) is 11.2. The predicted molar refractivity (Wildman–Crippen MR) is 88.7 cm³/mol. The third-order valence-electron chi connectivity index (χ3n) is 3.24. The van der Waals surface area contributed by atoms with E-state index in [1.807, 2.05) is 48.5 Å². The maximum atomic E-state index is 11.2. The molecule has 0 saturated heterocycles. The Hall–Kier alpha value is -2.82. The van der Waals surface area contributed by atoms with Crippen LogP contribution in [0, 0.1) is 0 Å². The first kappa shape index (κ1) is 16.5. The Morgan fingerprint density at radius 3 is 2.43 bits per heavy atom. The van der Waals surface area contributed by atoms with Crippen LogP contribution in [0.1, 0.15) is 19.4 Å². The smallest absolute Gasteiger partial charge is 0.497 e. The second-order valence-corrected chi connectivity index (χ2v) is 4.73. The molecule has 0 fully saturated rings. The van der Waals surface area contributed by atoms with E-state index < -0.39 is 6.16 Å². The molecule has 0 heterocycles. The SMILES string of the molecule is CCOC(=O)O/N=C(\C)c1ccccc1-c1ccc(OC)cc1. The van der Waals surface area contributed by atoms with Crippen LogP contribution < -0.4 is 4.74 Å². The van der Waals surface area contributed by atoms with Crippen molar-refractivity contribution < 1.29 is 19.1 Å². The quantitative estimate of drug-likeness (QED) is 0.358. The van der Waals surface area contributed by atoms with Crippen molar-refractivity contribution in [3.63, 3.8) is 0 Å². The van der Waals surface area contributed by atoms with Crippen LogP contribution in [0.15, 0.2) is 53.7 Å². The lowest BCUT2D eigenvalue weighted by Gasteiger charge is -2.10. The van der Waals surface area contributed by atoms with Crippen LogP contribution in [-0.4, -0.2) is 25.6 Å². The Bertz CT molecular complexity index is 692. The van der Waals surface area contributed by atoms with Crippen molar-refractivity contribution >= 4 is 11.9 Å². The van der Waals surface area contributed by atoms with Gasteiger partial charge >= 0.3 is 6.16 Å². The van der Waals surface area contributed by atoms with Gasteiger partial charge in [0.2, 0.25) is 0 Å². The van der Waals surface area contributed by atoms with Gasteiger partial charge in [0, 0.05) is 5.56 Å². The second kappa shape index (κ2) is 7.98. The summed E-state index contributed by atoms with van der Waals surface area (Å²) < 4.78 is 9.86. The molecule has 2 aromatic carbocycles. The van der Waals surface area contributed by atoms with Gasteiger partial charge in [-0.2, -0.15) is 0 Å². The van der Waals surface area contributed by atoms with Crippen molar-refractivity contribution in [3.05, 3.63) is 54.1 Å². The maximum Gasteiger partial charge on any atom is 0.535 e. The minimum absolute atomic E-state index is 0.246. The predicted octanol–water partition coefficient (Wildman–Crippen LogP) is 4.26. The zero-order valence-corrected chi connectivity index (χ0v) is 13.4. The van der Waals surface area contributed by atoms with Crippen LogP contribution in [-0.2, 0) is 9.57 Å². The first-order valence-corrected chi connectivity index (χ1v) is 7.28. The summed E-state index contributed by atoms with van der Waals surface area (Å²) >= 11 is 0. The molecule has 5 heteroatoms. The Balaban J connectivity index is 2.29. The highest BCUT2D eigenvalue weighted by Gasteiger charge is 2.09. The molecule has 0 aliphatic rings. The highest BCUT2D eigenvalue weighted by molar-refractivity contribution is 6.04. The van der Waals surface area contributed by atoms with Gasteiger partial charge in [-0.15, -0.1) is 0 Å². The number of hydrogen-bond donors (Lipinski definition) is 0. The van der Waals surface area contributed by atoms with Gasteiger partial charge in [0.15, 0.2) is 0 Å². The van der Waals surface area contributed by atoms with E-state index in [1.54, 1.807) is 21.0 Å². The molecule has 0 radical (unpaired) electrons. The van der Waals surface area contributed by atoms with Crippen molar-refractivity contribution in [1.82, 2.24) is 0 Å². The molecule has 0 unspecified atom stereocenters. The number of oxime groups is 1. The van der Waals surface area contributed by atoms with E-state index >= 15 is 0 Å². The highest BCUT2D eigenvalue weighted by Crippen LogP contribution is 2.26. The van der Waals surface area contributed by atoms with E-state index in [0.717, 1.165) is 22.4 Å². The highest BCUT2D eigenvalue weighted by atomic mass is 16.8. The molecule has 0 N–H and O–H groups in total. The van der Waals surface area contributed by atoms with Gasteiger partial charge in [-0.25, -0.2) is 4.79 Å². The van der Waals surface area contributed by atoms with Crippen LogP contribution in [0.4, 0.5) is 4.79 Å². The largest absolute Gasteiger partial charge is 0.535 e. The summed E-state index contributed by atoms with van der Waals surface area (Å²) in [6, 6.07) is 15.5. The summed E-state index contributed by atoms with van der Waals surface area (Å²) in [6.45, 7) is 3.73. The second-order valence-electron chi connectivity index (χ2n) is 4.73. The van der Waals surface area contributed by atoms with Crippen LogP contribution in [0.3, 0.4) is 0 Å². The fraction of sp³-hybridized carbons (Fsp3) is 0.222. The molecule has 0 aliphatic heterocycles. The minimum atomic E-state index is -0.811. The topological polar surface area (TPSA) is 57.1 Å². The zero-order chi connectivity index (χ0) is 16.7. The molecular formula is C18H19NO4. The molecule has 0 spiro atoms. The average Bonchev–Trinajstić information content (AvgIpc) is 2.60. The van der Waals surface area contributed by atoms with Gasteiger partial charge in [-0.3, -0.25) is 4.84 Å². The van der Waals surface area contributed by atoms with Crippen molar-refractivity contribution in [1.29, 1.82) is 0 Å². The minimum Gasteiger partial charge on any atom is -0.497 e. The Morgan fingerprint density at radius 1 is 1.09 bits per heavy atom. The van der Waals surface area contributed by atoms with Gasteiger partial charge in [0.05, 0.1) is 19.4 Å². The van der Waals surface area contributed by atoms with Crippen molar-refractivity contribution in [2.75, 3.05) is 13.7 Å². The summed E-state index contributed by atoms with van der Waals surface area (Å²) in [5.41, 5.74) is 3.47. The fourth-order valence-corrected chi connectivity index (χ4v) is 2.12. The molecule has 120 valence electrons. The van der Waals surface area contributed by atoms with Crippen molar-refractivity contribution in [3.8, 4) is 16.9 Å². The molecule has 0 aromatic heterocycles. The number of nitrogens with zero attached hydrogens (tertiary/aromatic N) is 1. The molecule has 0 bridgehead atoms. The summed E-state index contributed by atoms with van der Waals surface area (Å²) in [4.78, 5) is 16.0. The molecule has 0 atom stereocenters. The summed E-state index contributed by atoms with van der Waals surface area (Å²) in [6.07, 6.45) is -0.811. The summed E-state index contributed by atoms with van der Waals surface area (Å²) in [5.74, 6) is 0.794. The lowest BCUT2D eigenvalue weighted by atomic mass is 9.97. The maximum absolute atomic E-state index is 11.2. The molecule has 5 nitrogen and oxygen atoms in total. The normalized spacial score (nSPS) is 11.0. The van der Waals surface area contributed by atoms with E-state index in [2.05, 4.69) is 9.89 Å². The number of carbonyl (C=O) groups excluding carboxylic acids is 1. The molecule has 0 amide bonds. The first-order valence-electron chi connectivity index (χ1n) is 7.28. The zero-order valence-electron chi connectivity index (χ0n) is 13.4. The third-order valence-corrected chi connectivity index (χ3v) is 3.24. The van der Waals surface area contributed by atoms with E-state index in [-0.39, 0.29) is 6.61 Å². The number of benzene rings is 2. The number of methoxy groups -OCH3 is 1. The van der Waals surface area contributed by atoms with Crippen molar-refractivity contribution in [2.24, 2.45) is 5.16 Å². The van der Waals surface area contributed by atoms with Gasteiger partial charge in [0.25, 0.3) is 0 Å². The van der Waals surface area contributed by atoms with Crippen LogP contribution in [0.2, 0.25) is 0 Å². The Morgan fingerprint density at radius 2 is 1.78 bits per heavy atom. The molecule has 0 aliphatic carbocycles. The van der Waals surface area contributed by atoms with Crippen LogP contribution >= 0.6 is 0 Å². The fourth-order valence-electron chi connectivity index (χ4n) is 2.12. The molecule has 2 rings (SSSR count). The van der Waals surface area contributed by atoms with E-state index in [0.29, 0.717) is 5.71 Å². The molecule has 0 saturated carbocycles. The van der Waals surface area contributed by atoms with E-state index in [1.165, 1.54) is 0 Å². The number of hydrogen-bond acceptors (Lipinski definition) is 5. The van der Waals surface area contributed by atoms with Crippen LogP contribution in [0.5, 0.6) is 5.75 Å². The van der Waals surface area contributed by atoms with Gasteiger partial charge in [0.1, 0.15) is 5.75 Å². The lowest BCUT2D eigenvalue weighted by Crippen LogP contribution is -2.06. The van der Waals surface area contributed by atoms with Gasteiger partial charge < -0.3 is 9.47 Å². The van der Waals surface area contributed by atoms with Gasteiger partial charge in [-0.1, -0.05) is 41.6 Å². The average molecular weight is 313 g/mol. The third kappa shape index (κ3) is 4.32. The Labute approximate surface area is 135 Å². The molecule has 2 aromatic rings. The molecule has 23 heavy (non-hydrogen) atoms. The lowest BCUT2D eigenvalue weighted by molar-refractivity contribution is 0.0613. The van der Waals surface area contributed by atoms with E-state index in [9.17, 15) is 4.79 Å². The van der Waals surface area contributed by atoms with Crippen LogP contribution in [0.25, 0.3) is 11.1 Å². The van der Waals surface area contributed by atoms with Crippen molar-refractivity contribution in [2.45, 2.75) is 13.8 Å². The van der Waals surface area contributed by atoms with Gasteiger partial charge in [-0.05, 0) is 37.1 Å². The van der Waals surface area contributed by atoms with E-state index in [4.69, 9.17) is 9.57 Å². The number of rotatable bonds is 5. The number of carbonyl (C=O) groups is 1. The standard InChI is InChI=1S/C18H19NO4/c1-4-22-18(20)23-19-13(2)16-7-5-6-8-17(16)14-9-11-15(21-3)12-10-14/h5-12H,4H2,1-3H3/b19-13+. The number of ether oxygens (including phenoxy) is 2. The summed E-state index contributed by atoms with van der Waals surface area (Å²) in [5, 5.41) is 3.85. The summed E-state index contributed by atoms with van der Waals surface area (Å²) in [7, 11) is 1.63. The molecular weight excluding hydrogens is 294 g/mol.